The molecule has 164 valence electrons. The summed E-state index contributed by atoms with van der Waals surface area (Å²) in [5.74, 6) is 0.290. The highest BCUT2D eigenvalue weighted by atomic mass is 19.4. The van der Waals surface area contributed by atoms with Gasteiger partial charge in [0.15, 0.2) is 17.1 Å². The lowest BCUT2D eigenvalue weighted by molar-refractivity contribution is -0.142. The topological polar surface area (TPSA) is 59.7 Å². The highest BCUT2D eigenvalue weighted by Gasteiger charge is 2.35. The quantitative estimate of drug-likeness (QED) is 0.557. The molecular formula is C22H23F3N4O2. The minimum Gasteiger partial charge on any atom is -0.497 e. The molecule has 0 bridgehead atoms. The van der Waals surface area contributed by atoms with Crippen molar-refractivity contribution in [1.29, 1.82) is 0 Å². The zero-order valence-corrected chi connectivity index (χ0v) is 17.2. The van der Waals surface area contributed by atoms with Crippen LogP contribution in [0, 0.1) is 0 Å². The van der Waals surface area contributed by atoms with Gasteiger partial charge < -0.3 is 4.74 Å². The van der Waals surface area contributed by atoms with Crippen LogP contribution < -0.4 is 4.74 Å². The SMILES string of the molecule is COc1ccc(-c2cc(C(F)(F)F)n3nc(C(=O)CN4CCCCCC4)cc3n2)cc1. The van der Waals surface area contributed by atoms with Crippen molar-refractivity contribution in [2.45, 2.75) is 31.9 Å². The van der Waals surface area contributed by atoms with Gasteiger partial charge in [-0.1, -0.05) is 12.8 Å². The molecule has 3 heterocycles. The maximum Gasteiger partial charge on any atom is 0.433 e. The van der Waals surface area contributed by atoms with Crippen molar-refractivity contribution in [2.24, 2.45) is 0 Å². The Kier molecular flexibility index (Phi) is 5.95. The highest BCUT2D eigenvalue weighted by Crippen LogP contribution is 2.32. The third-order valence-electron chi connectivity index (χ3n) is 5.45. The Morgan fingerprint density at radius 1 is 1.06 bits per heavy atom. The van der Waals surface area contributed by atoms with Crippen molar-refractivity contribution >= 4 is 11.4 Å². The van der Waals surface area contributed by atoms with Crippen molar-refractivity contribution < 1.29 is 22.7 Å². The van der Waals surface area contributed by atoms with E-state index >= 15 is 0 Å². The van der Waals surface area contributed by atoms with E-state index in [-0.39, 0.29) is 29.4 Å². The number of nitrogens with zero attached hydrogens (tertiary/aromatic N) is 4. The van der Waals surface area contributed by atoms with Gasteiger partial charge in [-0.2, -0.15) is 18.3 Å². The van der Waals surface area contributed by atoms with E-state index in [0.29, 0.717) is 15.8 Å². The summed E-state index contributed by atoms with van der Waals surface area (Å²) in [6.45, 7) is 1.77. The third-order valence-corrected chi connectivity index (χ3v) is 5.45. The van der Waals surface area contributed by atoms with E-state index in [9.17, 15) is 18.0 Å². The van der Waals surface area contributed by atoms with Gasteiger partial charge in [-0.05, 0) is 56.3 Å². The zero-order chi connectivity index (χ0) is 22.0. The van der Waals surface area contributed by atoms with Crippen LogP contribution in [0.15, 0.2) is 36.4 Å². The number of ketones is 1. The smallest absolute Gasteiger partial charge is 0.433 e. The maximum absolute atomic E-state index is 13.8. The number of benzene rings is 1. The van der Waals surface area contributed by atoms with Gasteiger partial charge >= 0.3 is 6.18 Å². The van der Waals surface area contributed by atoms with Gasteiger partial charge in [0.1, 0.15) is 11.4 Å². The van der Waals surface area contributed by atoms with E-state index in [1.165, 1.54) is 13.2 Å². The molecular weight excluding hydrogens is 409 g/mol. The maximum atomic E-state index is 13.8. The Morgan fingerprint density at radius 3 is 2.35 bits per heavy atom. The molecule has 1 aliphatic rings. The molecule has 0 N–H and O–H groups in total. The standard InChI is InChI=1S/C22H23F3N4O2/c1-31-16-8-6-15(7-9-16)17-12-20(22(23,24)25)29-21(26-17)13-18(27-29)19(30)14-28-10-4-2-3-5-11-28/h6-9,12-13H,2-5,10-11,14H2,1H3. The number of carbonyl (C=O) groups excluding carboxylic acids is 1. The number of hydrogen-bond donors (Lipinski definition) is 0. The lowest BCUT2D eigenvalue weighted by Crippen LogP contribution is -2.31. The monoisotopic (exact) mass is 432 g/mol. The Hall–Kier alpha value is -2.94. The van der Waals surface area contributed by atoms with Gasteiger partial charge in [0.25, 0.3) is 0 Å². The fourth-order valence-electron chi connectivity index (χ4n) is 3.80. The van der Waals surface area contributed by atoms with Crippen molar-refractivity contribution in [3.8, 4) is 17.0 Å². The summed E-state index contributed by atoms with van der Waals surface area (Å²) < 4.78 is 47.1. The van der Waals surface area contributed by atoms with E-state index in [1.807, 2.05) is 4.90 Å². The van der Waals surface area contributed by atoms with Gasteiger partial charge in [0, 0.05) is 11.6 Å². The first-order valence-electron chi connectivity index (χ1n) is 10.2. The molecule has 2 aromatic heterocycles. The molecule has 1 fully saturated rings. The number of aromatic nitrogens is 3. The molecule has 6 nitrogen and oxygen atoms in total. The van der Waals surface area contributed by atoms with E-state index in [0.717, 1.165) is 44.8 Å². The van der Waals surface area contributed by atoms with Gasteiger partial charge in [-0.25, -0.2) is 9.50 Å². The molecule has 0 aliphatic carbocycles. The Bertz CT molecular complexity index is 1070. The molecule has 9 heteroatoms. The summed E-state index contributed by atoms with van der Waals surface area (Å²) in [4.78, 5) is 19.1. The second-order valence-corrected chi connectivity index (χ2v) is 7.67. The highest BCUT2D eigenvalue weighted by molar-refractivity contribution is 5.96. The molecule has 1 aromatic carbocycles. The number of alkyl halides is 3. The van der Waals surface area contributed by atoms with Crippen molar-refractivity contribution in [2.75, 3.05) is 26.7 Å². The molecule has 0 unspecified atom stereocenters. The summed E-state index contributed by atoms with van der Waals surface area (Å²) in [5.41, 5.74) is -0.340. The van der Waals surface area contributed by atoms with Crippen molar-refractivity contribution in [3.63, 3.8) is 0 Å². The van der Waals surface area contributed by atoms with Gasteiger partial charge in [-0.15, -0.1) is 0 Å². The molecule has 1 aliphatic heterocycles. The number of Topliss-reactive ketones (excluding diaryl/α,β-unsaturated/α-hetero) is 1. The van der Waals surface area contributed by atoms with Gasteiger partial charge in [0.2, 0.25) is 0 Å². The third kappa shape index (κ3) is 4.71. The fourth-order valence-corrected chi connectivity index (χ4v) is 3.80. The van der Waals surface area contributed by atoms with Crippen LogP contribution in [-0.2, 0) is 6.18 Å². The Balaban J connectivity index is 1.70. The average molecular weight is 432 g/mol. The second-order valence-electron chi connectivity index (χ2n) is 7.67. The molecule has 1 saturated heterocycles. The van der Waals surface area contributed by atoms with Gasteiger partial charge in [0.05, 0.1) is 19.3 Å². The average Bonchev–Trinajstić information content (AvgIpc) is 3.02. The minimum absolute atomic E-state index is 0.00544. The summed E-state index contributed by atoms with van der Waals surface area (Å²) in [6.07, 6.45) is -0.357. The molecule has 0 amide bonds. The summed E-state index contributed by atoms with van der Waals surface area (Å²) in [7, 11) is 1.51. The van der Waals surface area contributed by atoms with Crippen LogP contribution in [0.2, 0.25) is 0 Å². The zero-order valence-electron chi connectivity index (χ0n) is 17.2. The number of halogens is 3. The molecule has 0 spiro atoms. The Labute approximate surface area is 177 Å². The van der Waals surface area contributed by atoms with E-state index in [1.54, 1.807) is 24.3 Å². The first-order chi connectivity index (χ1) is 14.8. The molecule has 0 atom stereocenters. The van der Waals surface area contributed by atoms with E-state index < -0.39 is 11.9 Å². The fraction of sp³-hybridized carbons (Fsp3) is 0.409. The van der Waals surface area contributed by atoms with Crippen molar-refractivity contribution in [3.05, 3.63) is 47.8 Å². The van der Waals surface area contributed by atoms with Crippen LogP contribution in [0.25, 0.3) is 16.9 Å². The van der Waals surface area contributed by atoms with E-state index in [2.05, 4.69) is 10.1 Å². The minimum atomic E-state index is -4.65. The number of likely N-dealkylation sites (tertiary alicyclic amines) is 1. The number of rotatable bonds is 5. The Morgan fingerprint density at radius 2 is 1.74 bits per heavy atom. The lowest BCUT2D eigenvalue weighted by atomic mass is 10.1. The predicted molar refractivity (Wildman–Crippen MR) is 109 cm³/mol. The number of fused-ring (bicyclic) bond motifs is 1. The lowest BCUT2D eigenvalue weighted by Gasteiger charge is -2.17. The molecule has 4 rings (SSSR count). The van der Waals surface area contributed by atoms with Crippen LogP contribution in [-0.4, -0.2) is 52.0 Å². The molecule has 31 heavy (non-hydrogen) atoms. The largest absolute Gasteiger partial charge is 0.497 e. The first kappa shape index (κ1) is 21.3. The summed E-state index contributed by atoms with van der Waals surface area (Å²) >= 11 is 0. The summed E-state index contributed by atoms with van der Waals surface area (Å²) in [5, 5.41) is 3.97. The number of carbonyl (C=O) groups is 1. The van der Waals surface area contributed by atoms with Crippen molar-refractivity contribution in [1.82, 2.24) is 19.5 Å². The van der Waals surface area contributed by atoms with Crippen LogP contribution in [0.5, 0.6) is 5.75 Å². The van der Waals surface area contributed by atoms with Crippen LogP contribution in [0.4, 0.5) is 13.2 Å². The van der Waals surface area contributed by atoms with Crippen LogP contribution in [0.1, 0.15) is 41.9 Å². The molecule has 0 radical (unpaired) electrons. The van der Waals surface area contributed by atoms with Gasteiger partial charge in [-0.3, -0.25) is 9.69 Å². The molecule has 3 aromatic rings. The number of methoxy groups -OCH3 is 1. The normalized spacial score (nSPS) is 15.7. The summed E-state index contributed by atoms with van der Waals surface area (Å²) in [6, 6.07) is 8.87. The second kappa shape index (κ2) is 8.66. The number of hydrogen-bond acceptors (Lipinski definition) is 5. The van der Waals surface area contributed by atoms with E-state index in [4.69, 9.17) is 4.74 Å². The van der Waals surface area contributed by atoms with Crippen LogP contribution >= 0.6 is 0 Å². The first-order valence-corrected chi connectivity index (χ1v) is 10.2. The van der Waals surface area contributed by atoms with Crippen LogP contribution in [0.3, 0.4) is 0 Å². The predicted octanol–water partition coefficient (Wildman–Crippen LogP) is 4.48. The number of ether oxygens (including phenoxy) is 1. The molecule has 0 saturated carbocycles.